The maximum Gasteiger partial charge on any atom is 0.0323 e. The molecule has 3 rings (SSSR count). The average molecular weight is 265 g/mol. The number of hydrogen-bond donors (Lipinski definition) is 1. The minimum absolute atomic E-state index is 0.547. The van der Waals surface area contributed by atoms with E-state index in [9.17, 15) is 0 Å². The molecular weight excluding hydrogens is 242 g/mol. The molecule has 1 aliphatic rings. The molecule has 0 aromatic heterocycles. The number of rotatable bonds is 4. The summed E-state index contributed by atoms with van der Waals surface area (Å²) in [6.45, 7) is 2.23. The molecule has 0 aliphatic heterocycles. The molecule has 0 saturated carbocycles. The van der Waals surface area contributed by atoms with Gasteiger partial charge in [0, 0.05) is 6.04 Å². The molecule has 1 heteroatoms. The van der Waals surface area contributed by atoms with E-state index in [1.165, 1.54) is 53.5 Å². The Labute approximate surface area is 122 Å². The van der Waals surface area contributed by atoms with Gasteiger partial charge in [-0.3, -0.25) is 0 Å². The van der Waals surface area contributed by atoms with Gasteiger partial charge in [-0.15, -0.1) is 0 Å². The van der Waals surface area contributed by atoms with Crippen molar-refractivity contribution in [2.24, 2.45) is 0 Å². The smallest absolute Gasteiger partial charge is 0.0323 e. The predicted molar refractivity (Wildman–Crippen MR) is 86.0 cm³/mol. The Balaban J connectivity index is 1.88. The van der Waals surface area contributed by atoms with E-state index in [0.29, 0.717) is 6.04 Å². The normalized spacial score (nSPS) is 17.2. The lowest BCUT2D eigenvalue weighted by Crippen LogP contribution is -2.12. The number of hydrogen-bond acceptors (Lipinski definition) is 1. The van der Waals surface area contributed by atoms with E-state index in [1.807, 2.05) is 0 Å². The van der Waals surface area contributed by atoms with Crippen molar-refractivity contribution < 1.29 is 0 Å². The van der Waals surface area contributed by atoms with Gasteiger partial charge in [0.15, 0.2) is 0 Å². The number of aryl methyl sites for hydroxylation is 2. The minimum atomic E-state index is 0.547. The van der Waals surface area contributed by atoms with Gasteiger partial charge >= 0.3 is 0 Å². The van der Waals surface area contributed by atoms with Gasteiger partial charge < -0.3 is 5.32 Å². The second kappa shape index (κ2) is 5.80. The van der Waals surface area contributed by atoms with Crippen LogP contribution in [0, 0.1) is 0 Å². The molecule has 0 heterocycles. The third kappa shape index (κ3) is 2.51. The van der Waals surface area contributed by atoms with E-state index in [0.717, 1.165) is 0 Å². The number of fused-ring (bicyclic) bond motifs is 1. The summed E-state index contributed by atoms with van der Waals surface area (Å²) in [7, 11) is 2.06. The first kappa shape index (κ1) is 13.4. The molecule has 0 radical (unpaired) electrons. The summed E-state index contributed by atoms with van der Waals surface area (Å²) in [4.78, 5) is 0. The first-order chi connectivity index (χ1) is 9.81. The van der Waals surface area contributed by atoms with Crippen LogP contribution < -0.4 is 5.32 Å². The first-order valence-corrected chi connectivity index (χ1v) is 7.71. The predicted octanol–water partition coefficient (Wildman–Crippen LogP) is 4.51. The highest BCUT2D eigenvalue weighted by molar-refractivity contribution is 5.65. The topological polar surface area (TPSA) is 12.0 Å². The Bertz CT molecular complexity index is 583. The van der Waals surface area contributed by atoms with Crippen LogP contribution in [0.2, 0.25) is 0 Å². The molecule has 20 heavy (non-hydrogen) atoms. The SMILES string of the molecule is CCCc1ccc(-c2ccc3c(c2)CCC3NC)cc1. The van der Waals surface area contributed by atoms with Crippen molar-refractivity contribution in [3.8, 4) is 11.1 Å². The molecule has 0 bridgehead atoms. The lowest BCUT2D eigenvalue weighted by Gasteiger charge is -2.11. The van der Waals surface area contributed by atoms with Crippen molar-refractivity contribution in [1.29, 1.82) is 0 Å². The van der Waals surface area contributed by atoms with Gasteiger partial charge in [0.2, 0.25) is 0 Å². The summed E-state index contributed by atoms with van der Waals surface area (Å²) in [6.07, 6.45) is 4.81. The van der Waals surface area contributed by atoms with Crippen molar-refractivity contribution in [2.45, 2.75) is 38.6 Å². The van der Waals surface area contributed by atoms with Gasteiger partial charge in [0.05, 0.1) is 0 Å². The van der Waals surface area contributed by atoms with E-state index in [-0.39, 0.29) is 0 Å². The quantitative estimate of drug-likeness (QED) is 0.857. The van der Waals surface area contributed by atoms with Gasteiger partial charge in [-0.25, -0.2) is 0 Å². The van der Waals surface area contributed by atoms with Crippen molar-refractivity contribution in [3.05, 3.63) is 59.2 Å². The van der Waals surface area contributed by atoms with Crippen molar-refractivity contribution in [2.75, 3.05) is 7.05 Å². The Morgan fingerprint density at radius 3 is 2.50 bits per heavy atom. The van der Waals surface area contributed by atoms with Crippen molar-refractivity contribution in [3.63, 3.8) is 0 Å². The molecule has 2 aromatic carbocycles. The van der Waals surface area contributed by atoms with Gasteiger partial charge in [0.25, 0.3) is 0 Å². The fourth-order valence-electron chi connectivity index (χ4n) is 3.25. The highest BCUT2D eigenvalue weighted by Crippen LogP contribution is 2.34. The van der Waals surface area contributed by atoms with Crippen LogP contribution in [0.1, 0.15) is 42.5 Å². The molecule has 1 nitrogen and oxygen atoms in total. The highest BCUT2D eigenvalue weighted by Gasteiger charge is 2.20. The van der Waals surface area contributed by atoms with Gasteiger partial charge in [0.1, 0.15) is 0 Å². The van der Waals surface area contributed by atoms with Crippen molar-refractivity contribution >= 4 is 0 Å². The Morgan fingerprint density at radius 1 is 1.05 bits per heavy atom. The molecule has 0 spiro atoms. The van der Waals surface area contributed by atoms with Crippen LogP contribution >= 0.6 is 0 Å². The zero-order valence-corrected chi connectivity index (χ0v) is 12.4. The minimum Gasteiger partial charge on any atom is -0.313 e. The van der Waals surface area contributed by atoms with Crippen LogP contribution in [0.3, 0.4) is 0 Å². The summed E-state index contributed by atoms with van der Waals surface area (Å²) < 4.78 is 0. The molecule has 2 aromatic rings. The Hall–Kier alpha value is -1.60. The van der Waals surface area contributed by atoms with Gasteiger partial charge in [-0.05, 0) is 54.1 Å². The van der Waals surface area contributed by atoms with Crippen LogP contribution in [0.15, 0.2) is 42.5 Å². The Kier molecular flexibility index (Phi) is 3.88. The fourth-order valence-corrected chi connectivity index (χ4v) is 3.25. The third-order valence-electron chi connectivity index (χ3n) is 4.40. The number of benzene rings is 2. The molecule has 1 atom stereocenters. The summed E-state index contributed by atoms with van der Waals surface area (Å²) >= 11 is 0. The monoisotopic (exact) mass is 265 g/mol. The van der Waals surface area contributed by atoms with E-state index in [2.05, 4.69) is 61.8 Å². The van der Waals surface area contributed by atoms with Crippen molar-refractivity contribution in [1.82, 2.24) is 5.32 Å². The molecule has 1 unspecified atom stereocenters. The van der Waals surface area contributed by atoms with Crippen LogP contribution in [-0.2, 0) is 12.8 Å². The van der Waals surface area contributed by atoms with E-state index in [1.54, 1.807) is 0 Å². The number of nitrogens with one attached hydrogen (secondary N) is 1. The molecule has 0 amide bonds. The highest BCUT2D eigenvalue weighted by atomic mass is 14.9. The average Bonchev–Trinajstić information content (AvgIpc) is 2.90. The van der Waals surface area contributed by atoms with Gasteiger partial charge in [-0.2, -0.15) is 0 Å². The summed E-state index contributed by atoms with van der Waals surface area (Å²) in [5.41, 5.74) is 7.12. The van der Waals surface area contributed by atoms with E-state index in [4.69, 9.17) is 0 Å². The molecule has 1 aliphatic carbocycles. The van der Waals surface area contributed by atoms with Crippen LogP contribution in [0.4, 0.5) is 0 Å². The van der Waals surface area contributed by atoms with Crippen LogP contribution in [0.5, 0.6) is 0 Å². The summed E-state index contributed by atoms with van der Waals surface area (Å²) in [5.74, 6) is 0. The van der Waals surface area contributed by atoms with Gasteiger partial charge in [-0.1, -0.05) is 55.8 Å². The fraction of sp³-hybridized carbons (Fsp3) is 0.368. The summed E-state index contributed by atoms with van der Waals surface area (Å²) in [5, 5.41) is 3.40. The van der Waals surface area contributed by atoms with E-state index >= 15 is 0 Å². The second-order valence-corrected chi connectivity index (χ2v) is 5.74. The lowest BCUT2D eigenvalue weighted by atomic mass is 9.98. The molecular formula is C19H23N. The maximum atomic E-state index is 3.40. The molecule has 1 N–H and O–H groups in total. The molecule has 0 saturated heterocycles. The van der Waals surface area contributed by atoms with Crippen LogP contribution in [0.25, 0.3) is 11.1 Å². The Morgan fingerprint density at radius 2 is 1.80 bits per heavy atom. The first-order valence-electron chi connectivity index (χ1n) is 7.71. The van der Waals surface area contributed by atoms with Crippen LogP contribution in [-0.4, -0.2) is 7.05 Å². The largest absolute Gasteiger partial charge is 0.313 e. The maximum absolute atomic E-state index is 3.40. The third-order valence-corrected chi connectivity index (χ3v) is 4.40. The second-order valence-electron chi connectivity index (χ2n) is 5.74. The molecule has 0 fully saturated rings. The standard InChI is InChI=1S/C19H23N/c1-3-4-14-5-7-15(8-6-14)16-9-11-18-17(13-16)10-12-19(18)20-2/h5-9,11,13,19-20H,3-4,10,12H2,1-2H3. The molecule has 104 valence electrons. The lowest BCUT2D eigenvalue weighted by molar-refractivity contribution is 0.590. The van der Waals surface area contributed by atoms with E-state index < -0.39 is 0 Å². The zero-order valence-electron chi connectivity index (χ0n) is 12.4. The zero-order chi connectivity index (χ0) is 13.9. The summed E-state index contributed by atoms with van der Waals surface area (Å²) in [6, 6.07) is 16.6.